The number of carbonyl (C=O) groups excluding carboxylic acids is 1. The molecule has 1 aromatic rings. The number of piperidine rings is 1. The lowest BCUT2D eigenvalue weighted by molar-refractivity contribution is 0.0526. The summed E-state index contributed by atoms with van der Waals surface area (Å²) >= 11 is 0. The standard InChI is InChI=1S/C15H20FNO2/c1-11(2)19-15(18)17-10-4-3-5-14(17)12-6-8-13(16)9-7-12/h6-9,11,14H,3-5,10H2,1-2H3. The molecule has 1 atom stereocenters. The van der Waals surface area contributed by atoms with E-state index in [0.717, 1.165) is 24.8 Å². The van der Waals surface area contributed by atoms with Gasteiger partial charge in [0.1, 0.15) is 5.82 Å². The number of hydrogen-bond acceptors (Lipinski definition) is 2. The molecular weight excluding hydrogens is 245 g/mol. The number of hydrogen-bond donors (Lipinski definition) is 0. The molecule has 19 heavy (non-hydrogen) atoms. The number of nitrogens with zero attached hydrogens (tertiary/aromatic N) is 1. The molecule has 1 aromatic carbocycles. The van der Waals surface area contributed by atoms with Crippen LogP contribution in [0.4, 0.5) is 9.18 Å². The van der Waals surface area contributed by atoms with Crippen molar-refractivity contribution in [2.75, 3.05) is 6.54 Å². The molecule has 0 saturated carbocycles. The average Bonchev–Trinajstić information content (AvgIpc) is 2.39. The van der Waals surface area contributed by atoms with E-state index >= 15 is 0 Å². The van der Waals surface area contributed by atoms with Crippen LogP contribution in [0.2, 0.25) is 0 Å². The van der Waals surface area contributed by atoms with E-state index in [4.69, 9.17) is 4.74 Å². The lowest BCUT2D eigenvalue weighted by atomic mass is 9.96. The van der Waals surface area contributed by atoms with Crippen molar-refractivity contribution in [3.8, 4) is 0 Å². The van der Waals surface area contributed by atoms with Crippen LogP contribution in [-0.2, 0) is 4.74 Å². The Labute approximate surface area is 113 Å². The molecule has 0 N–H and O–H groups in total. The van der Waals surface area contributed by atoms with E-state index in [1.807, 2.05) is 13.8 Å². The Bertz CT molecular complexity index is 430. The summed E-state index contributed by atoms with van der Waals surface area (Å²) < 4.78 is 18.3. The predicted molar refractivity (Wildman–Crippen MR) is 71.3 cm³/mol. The molecule has 2 rings (SSSR count). The fourth-order valence-electron chi connectivity index (χ4n) is 2.45. The maximum Gasteiger partial charge on any atom is 0.410 e. The first kappa shape index (κ1) is 13.8. The van der Waals surface area contributed by atoms with Gasteiger partial charge in [0.2, 0.25) is 0 Å². The van der Waals surface area contributed by atoms with E-state index < -0.39 is 0 Å². The van der Waals surface area contributed by atoms with E-state index in [-0.39, 0.29) is 24.1 Å². The van der Waals surface area contributed by atoms with Crippen molar-refractivity contribution < 1.29 is 13.9 Å². The highest BCUT2D eigenvalue weighted by Crippen LogP contribution is 2.31. The van der Waals surface area contributed by atoms with Crippen molar-refractivity contribution in [1.82, 2.24) is 4.90 Å². The third-order valence-electron chi connectivity index (χ3n) is 3.33. The van der Waals surface area contributed by atoms with Gasteiger partial charge in [-0.15, -0.1) is 0 Å². The smallest absolute Gasteiger partial charge is 0.410 e. The summed E-state index contributed by atoms with van der Waals surface area (Å²) in [4.78, 5) is 13.8. The van der Waals surface area contributed by atoms with Gasteiger partial charge in [0.15, 0.2) is 0 Å². The second-order valence-electron chi connectivity index (χ2n) is 5.19. The van der Waals surface area contributed by atoms with Crippen LogP contribution in [0.15, 0.2) is 24.3 Å². The molecule has 1 saturated heterocycles. The molecule has 1 heterocycles. The van der Waals surface area contributed by atoms with Crippen LogP contribution >= 0.6 is 0 Å². The van der Waals surface area contributed by atoms with Crippen molar-refractivity contribution in [3.63, 3.8) is 0 Å². The number of likely N-dealkylation sites (tertiary alicyclic amines) is 1. The van der Waals surface area contributed by atoms with Crippen molar-refractivity contribution in [2.45, 2.75) is 45.3 Å². The zero-order valence-electron chi connectivity index (χ0n) is 11.4. The highest BCUT2D eigenvalue weighted by Gasteiger charge is 2.29. The molecule has 1 unspecified atom stereocenters. The average molecular weight is 265 g/mol. The van der Waals surface area contributed by atoms with Crippen molar-refractivity contribution >= 4 is 6.09 Å². The SMILES string of the molecule is CC(C)OC(=O)N1CCCCC1c1ccc(F)cc1. The number of benzene rings is 1. The monoisotopic (exact) mass is 265 g/mol. The number of rotatable bonds is 2. The fourth-order valence-corrected chi connectivity index (χ4v) is 2.45. The second-order valence-corrected chi connectivity index (χ2v) is 5.19. The maximum atomic E-state index is 13.0. The molecule has 1 fully saturated rings. The van der Waals surface area contributed by atoms with E-state index in [1.54, 1.807) is 17.0 Å². The van der Waals surface area contributed by atoms with Crippen LogP contribution in [0.1, 0.15) is 44.7 Å². The van der Waals surface area contributed by atoms with Crippen molar-refractivity contribution in [1.29, 1.82) is 0 Å². The van der Waals surface area contributed by atoms with Gasteiger partial charge >= 0.3 is 6.09 Å². The van der Waals surface area contributed by atoms with Crippen LogP contribution in [0.3, 0.4) is 0 Å². The van der Waals surface area contributed by atoms with Gasteiger partial charge < -0.3 is 9.64 Å². The van der Waals surface area contributed by atoms with Gasteiger partial charge in [0, 0.05) is 6.54 Å². The number of amides is 1. The molecule has 3 nitrogen and oxygen atoms in total. The third kappa shape index (κ3) is 3.46. The number of carbonyl (C=O) groups is 1. The molecule has 1 aliphatic heterocycles. The minimum absolute atomic E-state index is 0.000556. The first-order valence-corrected chi connectivity index (χ1v) is 6.80. The zero-order chi connectivity index (χ0) is 13.8. The summed E-state index contributed by atoms with van der Waals surface area (Å²) in [6.07, 6.45) is 2.57. The summed E-state index contributed by atoms with van der Waals surface area (Å²) in [5.41, 5.74) is 0.974. The summed E-state index contributed by atoms with van der Waals surface area (Å²) in [5.74, 6) is -0.254. The van der Waals surface area contributed by atoms with Crippen molar-refractivity contribution in [3.05, 3.63) is 35.6 Å². The summed E-state index contributed by atoms with van der Waals surface area (Å²) in [6, 6.07) is 6.38. The lowest BCUT2D eigenvalue weighted by Crippen LogP contribution is -2.39. The molecule has 104 valence electrons. The van der Waals surface area contributed by atoms with E-state index in [2.05, 4.69) is 0 Å². The highest BCUT2D eigenvalue weighted by atomic mass is 19.1. The number of ether oxygens (including phenoxy) is 1. The van der Waals surface area contributed by atoms with Crippen molar-refractivity contribution in [2.24, 2.45) is 0 Å². The molecular formula is C15H20FNO2. The Morgan fingerprint density at radius 3 is 2.63 bits per heavy atom. The van der Waals surface area contributed by atoms with Gasteiger partial charge in [-0.2, -0.15) is 0 Å². The quantitative estimate of drug-likeness (QED) is 0.811. The Balaban J connectivity index is 2.15. The third-order valence-corrected chi connectivity index (χ3v) is 3.33. The molecule has 4 heteroatoms. The lowest BCUT2D eigenvalue weighted by Gasteiger charge is -2.35. The number of halogens is 1. The highest BCUT2D eigenvalue weighted by molar-refractivity contribution is 5.68. The molecule has 0 radical (unpaired) electrons. The predicted octanol–water partition coefficient (Wildman–Crippen LogP) is 3.90. The van der Waals surface area contributed by atoms with E-state index in [1.165, 1.54) is 12.1 Å². The summed E-state index contributed by atoms with van der Waals surface area (Å²) in [5, 5.41) is 0. The Kier molecular flexibility index (Phi) is 4.40. The topological polar surface area (TPSA) is 29.5 Å². The Hall–Kier alpha value is -1.58. The Morgan fingerprint density at radius 1 is 1.32 bits per heavy atom. The Morgan fingerprint density at radius 2 is 2.00 bits per heavy atom. The van der Waals surface area contributed by atoms with E-state index in [9.17, 15) is 9.18 Å². The normalized spacial score (nSPS) is 19.6. The summed E-state index contributed by atoms with van der Waals surface area (Å²) in [6.45, 7) is 4.39. The second kappa shape index (κ2) is 6.04. The minimum atomic E-state index is -0.274. The van der Waals surface area contributed by atoms with Gasteiger partial charge in [-0.1, -0.05) is 12.1 Å². The van der Waals surface area contributed by atoms with Crippen LogP contribution in [0, 0.1) is 5.82 Å². The van der Waals surface area contributed by atoms with Crippen LogP contribution in [0.5, 0.6) is 0 Å². The molecule has 1 amide bonds. The van der Waals surface area contributed by atoms with Gasteiger partial charge in [-0.05, 0) is 50.8 Å². The maximum absolute atomic E-state index is 13.0. The summed E-state index contributed by atoms with van der Waals surface area (Å²) in [7, 11) is 0. The first-order valence-electron chi connectivity index (χ1n) is 6.80. The van der Waals surface area contributed by atoms with Crippen LogP contribution in [-0.4, -0.2) is 23.6 Å². The first-order chi connectivity index (χ1) is 9.08. The largest absolute Gasteiger partial charge is 0.447 e. The molecule has 1 aliphatic rings. The zero-order valence-corrected chi connectivity index (χ0v) is 11.4. The fraction of sp³-hybridized carbons (Fsp3) is 0.533. The molecule has 0 spiro atoms. The molecule has 0 aliphatic carbocycles. The van der Waals surface area contributed by atoms with Gasteiger partial charge in [0.25, 0.3) is 0 Å². The van der Waals surface area contributed by atoms with Crippen LogP contribution < -0.4 is 0 Å². The van der Waals surface area contributed by atoms with Crippen LogP contribution in [0.25, 0.3) is 0 Å². The minimum Gasteiger partial charge on any atom is -0.447 e. The molecule has 0 aromatic heterocycles. The molecule has 0 bridgehead atoms. The van der Waals surface area contributed by atoms with Gasteiger partial charge in [-0.3, -0.25) is 0 Å². The van der Waals surface area contributed by atoms with E-state index in [0.29, 0.717) is 6.54 Å². The van der Waals surface area contributed by atoms with Gasteiger partial charge in [-0.25, -0.2) is 9.18 Å². The van der Waals surface area contributed by atoms with Gasteiger partial charge in [0.05, 0.1) is 12.1 Å².